The molecule has 375 valence electrons. The first-order valence-electron chi connectivity index (χ1n) is 27.1. The summed E-state index contributed by atoms with van der Waals surface area (Å²) in [5, 5.41) is 2.03. The average Bonchev–Trinajstić information content (AvgIpc) is 4.05. The molecule has 0 N–H and O–H groups in total. The Morgan fingerprint density at radius 1 is 0.453 bits per heavy atom. The van der Waals surface area contributed by atoms with Crippen molar-refractivity contribution >= 4 is 21.9 Å². The van der Waals surface area contributed by atoms with Gasteiger partial charge in [0.1, 0.15) is 5.58 Å². The molecule has 0 aliphatic heterocycles. The van der Waals surface area contributed by atoms with Crippen molar-refractivity contribution in [2.75, 3.05) is 0 Å². The number of benzene rings is 7. The van der Waals surface area contributed by atoms with Gasteiger partial charge in [0.15, 0.2) is 17.5 Å². The van der Waals surface area contributed by atoms with Gasteiger partial charge in [0, 0.05) is 58.7 Å². The molecule has 7 aromatic carbocycles. The largest absolute Gasteiger partial charge is 0.501 e. The van der Waals surface area contributed by atoms with Crippen molar-refractivity contribution in [3.05, 3.63) is 222 Å². The fraction of sp³-hybridized carbons (Fsp3) is 0.191. The second-order valence-electron chi connectivity index (χ2n) is 20.0. The van der Waals surface area contributed by atoms with Gasteiger partial charge < -0.3 is 14.4 Å². The summed E-state index contributed by atoms with van der Waals surface area (Å²) < 4.78 is 28.4. The standard InChI is InChI=1S/C56H51N4O.C12H10N.Ir/c1-33(2)45-28-40(37-18-11-9-12-19-37)29-46(34(3)4)51(45)55-58-54(39-25-26-42-43-22-17-23-44(49-24-15-16-27-57-49)53(43)61-50(42)32-39)59-56(60-55)52-47(35(5)6)30-41(31-48(52)36(7)8)38-20-13-10-14-21-38;1-10-7-8-12(13-9-10)11-5-3-2-4-6-11;/h9-22,24-36H,1-8H3;2-5,7-9H,1H3;/q2*-1;/i;1D3;. The third kappa shape index (κ3) is 11.1. The molecular weight excluding hydrogens is 1090 g/mol. The molecule has 7 heteroatoms. The van der Waals surface area contributed by atoms with Gasteiger partial charge in [-0.05, 0) is 104 Å². The molecule has 4 heterocycles. The van der Waals surface area contributed by atoms with Crippen molar-refractivity contribution in [1.82, 2.24) is 24.9 Å². The zero-order chi connectivity index (χ0) is 54.0. The Morgan fingerprint density at radius 3 is 1.51 bits per heavy atom. The molecule has 0 saturated carbocycles. The molecule has 0 aliphatic rings. The first kappa shape index (κ1) is 48.3. The number of pyridine rings is 2. The molecule has 0 bridgehead atoms. The molecule has 75 heavy (non-hydrogen) atoms. The molecule has 0 amide bonds. The molecule has 4 aromatic heterocycles. The van der Waals surface area contributed by atoms with Crippen LogP contribution in [0.15, 0.2) is 187 Å². The minimum Gasteiger partial charge on any atom is -0.501 e. The first-order chi connectivity index (χ1) is 37.1. The Labute approximate surface area is 460 Å². The average molecular weight is 1160 g/mol. The van der Waals surface area contributed by atoms with Crippen LogP contribution in [-0.4, -0.2) is 24.9 Å². The number of nitrogens with zero attached hydrogens (tertiary/aromatic N) is 5. The molecule has 6 nitrogen and oxygen atoms in total. The van der Waals surface area contributed by atoms with Gasteiger partial charge in [0.25, 0.3) is 0 Å². The van der Waals surface area contributed by atoms with Crippen molar-refractivity contribution < 1.29 is 28.6 Å². The Hall–Kier alpha value is -7.70. The summed E-state index contributed by atoms with van der Waals surface area (Å²) in [6.07, 6.45) is 3.19. The van der Waals surface area contributed by atoms with Crippen LogP contribution in [-0.2, 0) is 20.1 Å². The van der Waals surface area contributed by atoms with Crippen molar-refractivity contribution in [2.24, 2.45) is 0 Å². The zero-order valence-corrected chi connectivity index (χ0v) is 46.0. The predicted molar refractivity (Wildman–Crippen MR) is 306 cm³/mol. The quantitative estimate of drug-likeness (QED) is 0.120. The van der Waals surface area contributed by atoms with Crippen LogP contribution < -0.4 is 0 Å². The Kier molecular flexibility index (Phi) is 14.7. The first-order valence-corrected chi connectivity index (χ1v) is 25.6. The normalized spacial score (nSPS) is 12.1. The van der Waals surface area contributed by atoms with Gasteiger partial charge in [-0.1, -0.05) is 188 Å². The Balaban J connectivity index is 0.000000373. The molecule has 11 aromatic rings. The summed E-state index contributed by atoms with van der Waals surface area (Å²) in [4.78, 5) is 25.2. The molecule has 0 unspecified atom stereocenters. The molecule has 0 atom stereocenters. The molecule has 0 fully saturated rings. The molecule has 0 spiro atoms. The fourth-order valence-corrected chi connectivity index (χ4v) is 9.72. The smallest absolute Gasteiger partial charge is 0.164 e. The second kappa shape index (κ2) is 22.8. The van der Waals surface area contributed by atoms with Gasteiger partial charge in [-0.25, -0.2) is 15.0 Å². The third-order valence-electron chi connectivity index (χ3n) is 13.5. The van der Waals surface area contributed by atoms with Crippen molar-refractivity contribution in [1.29, 1.82) is 0 Å². The van der Waals surface area contributed by atoms with E-state index in [0.29, 0.717) is 17.5 Å². The van der Waals surface area contributed by atoms with Crippen LogP contribution in [0, 0.1) is 19.0 Å². The van der Waals surface area contributed by atoms with Gasteiger partial charge in [0.05, 0.1) is 5.58 Å². The molecule has 0 aliphatic carbocycles. The Bertz CT molecular complexity index is 3660. The Morgan fingerprint density at radius 2 is 1.01 bits per heavy atom. The molecule has 0 saturated heterocycles. The van der Waals surface area contributed by atoms with E-state index in [1.807, 2.05) is 42.5 Å². The minimum absolute atomic E-state index is 0. The monoisotopic (exact) mass is 1160 g/mol. The predicted octanol–water partition coefficient (Wildman–Crippen LogP) is 18.3. The van der Waals surface area contributed by atoms with Crippen LogP contribution in [0.4, 0.5) is 0 Å². The fourth-order valence-electron chi connectivity index (χ4n) is 9.72. The summed E-state index contributed by atoms with van der Waals surface area (Å²) in [5.74, 6) is 2.80. The number of fused-ring (bicyclic) bond motifs is 3. The van der Waals surface area contributed by atoms with E-state index in [9.17, 15) is 0 Å². The van der Waals surface area contributed by atoms with E-state index in [1.54, 1.807) is 24.4 Å². The topological polar surface area (TPSA) is 77.6 Å². The summed E-state index contributed by atoms with van der Waals surface area (Å²) in [5.41, 5.74) is 17.7. The summed E-state index contributed by atoms with van der Waals surface area (Å²) in [7, 11) is 0. The van der Waals surface area contributed by atoms with Crippen LogP contribution in [0.5, 0.6) is 0 Å². The number of hydrogen-bond donors (Lipinski definition) is 0. The van der Waals surface area contributed by atoms with Crippen molar-refractivity contribution in [2.45, 2.75) is 85.9 Å². The van der Waals surface area contributed by atoms with E-state index >= 15 is 0 Å². The van der Waals surface area contributed by atoms with Crippen LogP contribution in [0.1, 0.15) is 111 Å². The van der Waals surface area contributed by atoms with E-state index < -0.39 is 6.85 Å². The maximum atomic E-state index is 7.23. The van der Waals surface area contributed by atoms with Gasteiger partial charge in [-0.2, -0.15) is 0 Å². The van der Waals surface area contributed by atoms with Crippen molar-refractivity contribution in [3.63, 3.8) is 0 Å². The summed E-state index contributed by atoms with van der Waals surface area (Å²) >= 11 is 0. The minimum atomic E-state index is -2.09. The van der Waals surface area contributed by atoms with Gasteiger partial charge in [-0.15, -0.1) is 54.1 Å². The number of furan rings is 1. The maximum absolute atomic E-state index is 7.23. The van der Waals surface area contributed by atoms with Gasteiger partial charge in [0.2, 0.25) is 0 Å². The van der Waals surface area contributed by atoms with E-state index in [-0.39, 0.29) is 49.3 Å². The van der Waals surface area contributed by atoms with Crippen LogP contribution >= 0.6 is 0 Å². The number of aryl methyl sites for hydroxylation is 1. The van der Waals surface area contributed by atoms with Crippen LogP contribution in [0.25, 0.3) is 101 Å². The number of aromatic nitrogens is 5. The summed E-state index contributed by atoms with van der Waals surface area (Å²) in [6.45, 7) is 16.0. The number of hydrogen-bond acceptors (Lipinski definition) is 6. The molecule has 1 radical (unpaired) electrons. The van der Waals surface area contributed by atoms with E-state index in [4.69, 9.17) is 23.5 Å². The van der Waals surface area contributed by atoms with E-state index in [1.165, 1.54) is 50.7 Å². The van der Waals surface area contributed by atoms with E-state index in [2.05, 4.69) is 187 Å². The summed E-state index contributed by atoms with van der Waals surface area (Å²) in [6, 6.07) is 64.1. The van der Waals surface area contributed by atoms with Gasteiger partial charge >= 0.3 is 0 Å². The van der Waals surface area contributed by atoms with Crippen LogP contribution in [0.2, 0.25) is 0 Å². The second-order valence-corrected chi connectivity index (χ2v) is 20.0. The SMILES string of the molecule is CC(C)c1cc(-c2ccccc2)cc(C(C)C)c1-c1nc(-c2ccc3c(c2)oc2c(-c4ccccn4)[c-]ccc23)nc(-c2c(C(C)C)cc(-c3ccccc3)cc2C(C)C)n1.[2H]C([2H])([2H])c1ccc(-c2[c-]cccc2)nc1.[Ir]. The zero-order valence-electron chi connectivity index (χ0n) is 46.6. The maximum Gasteiger partial charge on any atom is 0.164 e. The van der Waals surface area contributed by atoms with Crippen molar-refractivity contribution in [3.8, 4) is 78.9 Å². The van der Waals surface area contributed by atoms with E-state index in [0.717, 1.165) is 61.1 Å². The molecular formula is C68H61IrN5O-2. The van der Waals surface area contributed by atoms with Gasteiger partial charge in [-0.3, -0.25) is 0 Å². The number of rotatable bonds is 11. The van der Waals surface area contributed by atoms with Crippen LogP contribution in [0.3, 0.4) is 0 Å². The third-order valence-corrected chi connectivity index (χ3v) is 13.5. The molecule has 11 rings (SSSR count).